The summed E-state index contributed by atoms with van der Waals surface area (Å²) in [7, 11) is 1.93. The maximum Gasteiger partial charge on any atom is 0.340 e. The standard InChI is InChI=1S/C17H21BrN2O4/c1-3-24-17(22)16-11-8-15(21)12(18)9-13(11)19(2)14(16)10-20-4-6-23-7-5-20/h8-9,21H,3-7,10H2,1-2H3. The van der Waals surface area contributed by atoms with Crippen LogP contribution in [0, 0.1) is 0 Å². The van der Waals surface area contributed by atoms with Crippen LogP contribution in [0.4, 0.5) is 0 Å². The zero-order valence-corrected chi connectivity index (χ0v) is 15.4. The molecule has 0 atom stereocenters. The quantitative estimate of drug-likeness (QED) is 0.804. The highest BCUT2D eigenvalue weighted by molar-refractivity contribution is 9.10. The van der Waals surface area contributed by atoms with Crippen molar-refractivity contribution in [2.75, 3.05) is 32.9 Å². The smallest absolute Gasteiger partial charge is 0.340 e. The Bertz CT molecular complexity index is 766. The number of phenolic OH excluding ortho intramolecular Hbond substituents is 1. The van der Waals surface area contributed by atoms with Crippen molar-refractivity contribution in [3.8, 4) is 5.75 Å². The lowest BCUT2D eigenvalue weighted by atomic mass is 10.1. The Morgan fingerprint density at radius 1 is 1.38 bits per heavy atom. The van der Waals surface area contributed by atoms with Gasteiger partial charge in [-0.25, -0.2) is 4.79 Å². The Morgan fingerprint density at radius 2 is 2.08 bits per heavy atom. The summed E-state index contributed by atoms with van der Waals surface area (Å²) < 4.78 is 13.3. The molecule has 0 bridgehead atoms. The van der Waals surface area contributed by atoms with E-state index in [0.717, 1.165) is 24.3 Å². The van der Waals surface area contributed by atoms with Crippen LogP contribution in [-0.4, -0.2) is 53.5 Å². The van der Waals surface area contributed by atoms with E-state index in [-0.39, 0.29) is 11.7 Å². The summed E-state index contributed by atoms with van der Waals surface area (Å²) in [6.45, 7) is 5.81. The largest absolute Gasteiger partial charge is 0.507 e. The summed E-state index contributed by atoms with van der Waals surface area (Å²) in [5.41, 5.74) is 2.30. The van der Waals surface area contributed by atoms with Crippen molar-refractivity contribution in [3.05, 3.63) is 27.9 Å². The third-order valence-electron chi connectivity index (χ3n) is 4.35. The monoisotopic (exact) mass is 396 g/mol. The number of aryl methyl sites for hydroxylation is 1. The number of nitrogens with zero attached hydrogens (tertiary/aromatic N) is 2. The second kappa shape index (κ2) is 7.13. The fourth-order valence-electron chi connectivity index (χ4n) is 3.08. The predicted molar refractivity (Wildman–Crippen MR) is 94.3 cm³/mol. The van der Waals surface area contributed by atoms with Gasteiger partial charge in [-0.2, -0.15) is 0 Å². The second-order valence-electron chi connectivity index (χ2n) is 5.81. The SMILES string of the molecule is CCOC(=O)c1c(CN2CCOCC2)n(C)c2cc(Br)c(O)cc12. The van der Waals surface area contributed by atoms with Crippen LogP contribution >= 0.6 is 15.9 Å². The first-order valence-corrected chi connectivity index (χ1v) is 8.79. The minimum absolute atomic E-state index is 0.108. The van der Waals surface area contributed by atoms with Crippen LogP contribution < -0.4 is 0 Å². The highest BCUT2D eigenvalue weighted by atomic mass is 79.9. The first-order chi connectivity index (χ1) is 11.5. The van der Waals surface area contributed by atoms with Crippen LogP contribution in [0.1, 0.15) is 23.0 Å². The summed E-state index contributed by atoms with van der Waals surface area (Å²) in [4.78, 5) is 14.8. The molecule has 1 aliphatic rings. The van der Waals surface area contributed by atoms with Crippen LogP contribution in [-0.2, 0) is 23.1 Å². The molecule has 0 saturated carbocycles. The Labute approximate surface area is 149 Å². The number of fused-ring (bicyclic) bond motifs is 1. The van der Waals surface area contributed by atoms with Gasteiger partial charge in [-0.3, -0.25) is 4.90 Å². The van der Waals surface area contributed by atoms with Crippen LogP contribution in [0.25, 0.3) is 10.9 Å². The molecule has 3 rings (SSSR count). The van der Waals surface area contributed by atoms with Crippen molar-refractivity contribution in [1.82, 2.24) is 9.47 Å². The molecular weight excluding hydrogens is 376 g/mol. The van der Waals surface area contributed by atoms with Gasteiger partial charge in [0.25, 0.3) is 0 Å². The summed E-state index contributed by atoms with van der Waals surface area (Å²) >= 11 is 3.34. The molecule has 130 valence electrons. The van der Waals surface area contributed by atoms with Gasteiger partial charge in [-0.05, 0) is 35.0 Å². The van der Waals surface area contributed by atoms with E-state index in [9.17, 15) is 9.90 Å². The summed E-state index contributed by atoms with van der Waals surface area (Å²) in [6.07, 6.45) is 0. The molecule has 1 aromatic heterocycles. The fraction of sp³-hybridized carbons (Fsp3) is 0.471. The molecule has 2 heterocycles. The van der Waals surface area contributed by atoms with E-state index < -0.39 is 0 Å². The van der Waals surface area contributed by atoms with Crippen LogP contribution in [0.5, 0.6) is 5.75 Å². The molecule has 6 nitrogen and oxygen atoms in total. The summed E-state index contributed by atoms with van der Waals surface area (Å²) in [5.74, 6) is -0.246. The average molecular weight is 397 g/mol. The van der Waals surface area contributed by atoms with Gasteiger partial charge >= 0.3 is 5.97 Å². The molecule has 2 aromatic rings. The van der Waals surface area contributed by atoms with Crippen LogP contribution in [0.15, 0.2) is 16.6 Å². The maximum atomic E-state index is 12.6. The van der Waals surface area contributed by atoms with Gasteiger partial charge in [0.1, 0.15) is 5.75 Å². The maximum absolute atomic E-state index is 12.6. The molecule has 0 unspecified atom stereocenters. The van der Waals surface area contributed by atoms with E-state index in [0.29, 0.717) is 41.8 Å². The molecule has 24 heavy (non-hydrogen) atoms. The number of aromatic hydroxyl groups is 1. The van der Waals surface area contributed by atoms with Gasteiger partial charge in [0, 0.05) is 37.8 Å². The second-order valence-corrected chi connectivity index (χ2v) is 6.66. The highest BCUT2D eigenvalue weighted by Gasteiger charge is 2.25. The van der Waals surface area contributed by atoms with Gasteiger partial charge < -0.3 is 19.1 Å². The van der Waals surface area contributed by atoms with Crippen LogP contribution in [0.2, 0.25) is 0 Å². The number of hydrogen-bond donors (Lipinski definition) is 1. The average Bonchev–Trinajstić information content (AvgIpc) is 2.82. The molecule has 0 radical (unpaired) electrons. The van der Waals surface area contributed by atoms with Crippen molar-refractivity contribution >= 4 is 32.8 Å². The summed E-state index contributed by atoms with van der Waals surface area (Å²) in [6, 6.07) is 3.45. The van der Waals surface area contributed by atoms with Gasteiger partial charge in [-0.1, -0.05) is 0 Å². The number of morpholine rings is 1. The van der Waals surface area contributed by atoms with Crippen molar-refractivity contribution in [2.45, 2.75) is 13.5 Å². The van der Waals surface area contributed by atoms with E-state index in [1.807, 2.05) is 17.7 Å². The predicted octanol–water partition coefficient (Wildman–Crippen LogP) is 2.66. The molecule has 1 fully saturated rings. The van der Waals surface area contributed by atoms with E-state index in [4.69, 9.17) is 9.47 Å². The Kier molecular flexibility index (Phi) is 5.12. The van der Waals surface area contributed by atoms with Gasteiger partial charge in [0.05, 0.1) is 35.4 Å². The Morgan fingerprint density at radius 3 is 2.75 bits per heavy atom. The summed E-state index contributed by atoms with van der Waals surface area (Å²) in [5, 5.41) is 10.7. The molecule has 1 N–H and O–H groups in total. The zero-order valence-electron chi connectivity index (χ0n) is 13.8. The van der Waals surface area contributed by atoms with Crippen molar-refractivity contribution in [2.24, 2.45) is 7.05 Å². The number of carbonyl (C=O) groups is 1. The number of carbonyl (C=O) groups excluding carboxylic acids is 1. The minimum Gasteiger partial charge on any atom is -0.507 e. The molecule has 7 heteroatoms. The molecule has 1 aromatic carbocycles. The van der Waals surface area contributed by atoms with E-state index >= 15 is 0 Å². The Hall–Kier alpha value is -1.57. The fourth-order valence-corrected chi connectivity index (χ4v) is 3.42. The first-order valence-electron chi connectivity index (χ1n) is 8.00. The normalized spacial score (nSPS) is 15.8. The molecule has 0 amide bonds. The zero-order chi connectivity index (χ0) is 17.3. The van der Waals surface area contributed by atoms with Gasteiger partial charge in [0.15, 0.2) is 0 Å². The molecule has 1 aliphatic heterocycles. The molecule has 0 aliphatic carbocycles. The van der Waals surface area contributed by atoms with Gasteiger partial charge in [-0.15, -0.1) is 0 Å². The topological polar surface area (TPSA) is 63.9 Å². The number of aromatic nitrogens is 1. The van der Waals surface area contributed by atoms with E-state index in [2.05, 4.69) is 20.8 Å². The van der Waals surface area contributed by atoms with Crippen LogP contribution in [0.3, 0.4) is 0 Å². The van der Waals surface area contributed by atoms with E-state index in [1.165, 1.54) is 0 Å². The van der Waals surface area contributed by atoms with Crippen molar-refractivity contribution in [3.63, 3.8) is 0 Å². The molecule has 0 spiro atoms. The van der Waals surface area contributed by atoms with Gasteiger partial charge in [0.2, 0.25) is 0 Å². The van der Waals surface area contributed by atoms with E-state index in [1.54, 1.807) is 13.0 Å². The number of hydrogen-bond acceptors (Lipinski definition) is 5. The number of ether oxygens (including phenoxy) is 2. The number of halogens is 1. The number of rotatable bonds is 4. The minimum atomic E-state index is -0.354. The third kappa shape index (κ3) is 3.16. The number of esters is 1. The Balaban J connectivity index is 2.12. The lowest BCUT2D eigenvalue weighted by molar-refractivity contribution is 0.0328. The first kappa shape index (κ1) is 17.3. The van der Waals surface area contributed by atoms with Crippen molar-refractivity contribution < 1.29 is 19.4 Å². The number of phenols is 1. The molecule has 1 saturated heterocycles. The highest BCUT2D eigenvalue weighted by Crippen LogP contribution is 2.35. The number of benzene rings is 1. The lowest BCUT2D eigenvalue weighted by Gasteiger charge is -2.27. The lowest BCUT2D eigenvalue weighted by Crippen LogP contribution is -2.36. The third-order valence-corrected chi connectivity index (χ3v) is 4.98. The molecular formula is C17H21BrN2O4. The van der Waals surface area contributed by atoms with Crippen molar-refractivity contribution in [1.29, 1.82) is 0 Å².